The summed E-state index contributed by atoms with van der Waals surface area (Å²) >= 11 is 0. The molecule has 150 valence electrons. The van der Waals surface area contributed by atoms with Crippen molar-refractivity contribution in [2.24, 2.45) is 0 Å². The van der Waals surface area contributed by atoms with Crippen LogP contribution in [0.1, 0.15) is 11.1 Å². The van der Waals surface area contributed by atoms with Crippen LogP contribution in [0.5, 0.6) is 5.75 Å². The monoisotopic (exact) mass is 397 g/mol. The summed E-state index contributed by atoms with van der Waals surface area (Å²) in [6.07, 6.45) is 5.62. The third-order valence-electron chi connectivity index (χ3n) is 3.63. The molecular formula is C18H27N3O5S. The quantitative estimate of drug-likeness (QED) is 0.280. The number of fused-ring (bicyclic) bond motifs is 1. The lowest BCUT2D eigenvalue weighted by Gasteiger charge is -2.21. The van der Waals surface area contributed by atoms with E-state index in [9.17, 15) is 13.2 Å². The third kappa shape index (κ3) is 8.35. The van der Waals surface area contributed by atoms with Crippen molar-refractivity contribution in [3.8, 4) is 5.75 Å². The van der Waals surface area contributed by atoms with Crippen LogP contribution in [-0.4, -0.2) is 51.5 Å². The molecule has 8 nitrogen and oxygen atoms in total. The summed E-state index contributed by atoms with van der Waals surface area (Å²) in [4.78, 5) is 11.7. The third-order valence-corrected chi connectivity index (χ3v) is 3.63. The van der Waals surface area contributed by atoms with Gasteiger partial charge in [0, 0.05) is 19.5 Å². The first-order valence-electron chi connectivity index (χ1n) is 8.29. The van der Waals surface area contributed by atoms with Gasteiger partial charge in [0.2, 0.25) is 5.91 Å². The summed E-state index contributed by atoms with van der Waals surface area (Å²) in [5.41, 5.74) is 2.96. The maximum absolute atomic E-state index is 11.7. The first-order valence-corrected chi connectivity index (χ1v) is 10.1. The summed E-state index contributed by atoms with van der Waals surface area (Å²) in [6.45, 7) is 8.88. The minimum Gasteiger partial charge on any atom is -0.495 e. The van der Waals surface area contributed by atoms with Crippen molar-refractivity contribution in [2.45, 2.75) is 19.0 Å². The molecule has 0 atom stereocenters. The Bertz CT molecular complexity index is 757. The van der Waals surface area contributed by atoms with Crippen molar-refractivity contribution in [2.75, 3.05) is 31.8 Å². The van der Waals surface area contributed by atoms with Crippen LogP contribution in [-0.2, 0) is 27.8 Å². The van der Waals surface area contributed by atoms with Crippen molar-refractivity contribution in [3.05, 3.63) is 48.6 Å². The summed E-state index contributed by atoms with van der Waals surface area (Å²) in [5, 5.41) is 9.62. The molecule has 4 N–H and O–H groups in total. The fourth-order valence-corrected chi connectivity index (χ4v) is 2.60. The molecule has 0 saturated carbocycles. The highest BCUT2D eigenvalue weighted by molar-refractivity contribution is 7.85. The first-order chi connectivity index (χ1) is 12.7. The van der Waals surface area contributed by atoms with E-state index in [1.165, 1.54) is 0 Å². The highest BCUT2D eigenvalue weighted by atomic mass is 32.2. The van der Waals surface area contributed by atoms with Crippen LogP contribution in [0.2, 0.25) is 0 Å². The Balaban J connectivity index is 0.000000646. The van der Waals surface area contributed by atoms with E-state index in [1.54, 1.807) is 7.11 Å². The summed E-state index contributed by atoms with van der Waals surface area (Å²) in [7, 11) is -2.06. The number of nitrogens with one attached hydrogen (secondary N) is 3. The molecule has 0 radical (unpaired) electrons. The molecule has 1 aromatic rings. The molecule has 2 rings (SSSR count). The smallest absolute Gasteiger partial charge is 0.261 e. The van der Waals surface area contributed by atoms with E-state index in [0.29, 0.717) is 31.5 Å². The molecule has 1 aliphatic heterocycles. The van der Waals surface area contributed by atoms with Crippen LogP contribution < -0.4 is 20.7 Å². The van der Waals surface area contributed by atoms with E-state index in [2.05, 4.69) is 29.1 Å². The second-order valence-electron chi connectivity index (χ2n) is 5.89. The fraction of sp³-hybridized carbons (Fsp3) is 0.389. The highest BCUT2D eigenvalue weighted by Gasteiger charge is 2.25. The Kier molecular flexibility index (Phi) is 9.16. The van der Waals surface area contributed by atoms with Gasteiger partial charge in [-0.3, -0.25) is 20.0 Å². The molecule has 0 aliphatic carbocycles. The molecule has 1 heterocycles. The molecule has 1 amide bonds. The van der Waals surface area contributed by atoms with E-state index in [4.69, 9.17) is 9.29 Å². The van der Waals surface area contributed by atoms with Gasteiger partial charge < -0.3 is 10.1 Å². The number of ether oxygens (including phenoxy) is 1. The normalized spacial score (nSPS) is 12.7. The molecule has 0 saturated heterocycles. The lowest BCUT2D eigenvalue weighted by molar-refractivity contribution is -0.115. The average Bonchev–Trinajstić information content (AvgIpc) is 2.97. The number of hydrogen-bond acceptors (Lipinski definition) is 6. The van der Waals surface area contributed by atoms with Crippen LogP contribution in [0, 0.1) is 0 Å². The SMILES string of the molecule is C=CCNC(Cc1ccc(OC)c2c1CC(=O)N2)NCC=C.CS(=O)(=O)O. The molecule has 1 aromatic carbocycles. The van der Waals surface area contributed by atoms with Crippen LogP contribution in [0.15, 0.2) is 37.4 Å². The number of amides is 1. The number of carbonyl (C=O) groups is 1. The molecular weight excluding hydrogens is 370 g/mol. The Morgan fingerprint density at radius 3 is 2.33 bits per heavy atom. The zero-order valence-corrected chi connectivity index (χ0v) is 16.4. The number of methoxy groups -OCH3 is 1. The number of carbonyl (C=O) groups excluding carboxylic acids is 1. The zero-order chi connectivity index (χ0) is 20.4. The molecule has 0 bridgehead atoms. The standard InChI is InChI=1S/C17H23N3O2.CH4O3S/c1-4-8-18-15(19-9-5-2)10-12-6-7-14(22-3)17-13(12)11-16(21)20-17;1-5(2,3)4/h4-7,15,18-19H,1-2,8-11H2,3H3,(H,20,21);1H3,(H,2,3,4). The first kappa shape index (κ1) is 22.8. The minimum absolute atomic E-state index is 0.00963. The van der Waals surface area contributed by atoms with Crippen LogP contribution in [0.25, 0.3) is 0 Å². The molecule has 0 aromatic heterocycles. The van der Waals surface area contributed by atoms with E-state index in [-0.39, 0.29) is 12.1 Å². The summed E-state index contributed by atoms with van der Waals surface area (Å²) in [5.74, 6) is 0.717. The van der Waals surface area contributed by atoms with Gasteiger partial charge in [-0.15, -0.1) is 13.2 Å². The Morgan fingerprint density at radius 1 is 1.30 bits per heavy atom. The molecule has 0 unspecified atom stereocenters. The maximum atomic E-state index is 11.7. The van der Waals surface area contributed by atoms with Gasteiger partial charge in [-0.25, -0.2) is 0 Å². The van der Waals surface area contributed by atoms with Crippen LogP contribution in [0.4, 0.5) is 5.69 Å². The summed E-state index contributed by atoms with van der Waals surface area (Å²) < 4.78 is 31.2. The number of hydrogen-bond donors (Lipinski definition) is 4. The Hall–Kier alpha value is -2.20. The molecule has 0 spiro atoms. The summed E-state index contributed by atoms with van der Waals surface area (Å²) in [6, 6.07) is 3.92. The Labute approximate surface area is 160 Å². The molecule has 1 aliphatic rings. The average molecular weight is 397 g/mol. The minimum atomic E-state index is -3.67. The van der Waals surface area contributed by atoms with Gasteiger partial charge >= 0.3 is 0 Å². The van der Waals surface area contributed by atoms with E-state index in [0.717, 1.165) is 23.2 Å². The van der Waals surface area contributed by atoms with Crippen molar-refractivity contribution < 1.29 is 22.5 Å². The zero-order valence-electron chi connectivity index (χ0n) is 15.6. The van der Waals surface area contributed by atoms with E-state index < -0.39 is 10.1 Å². The van der Waals surface area contributed by atoms with E-state index >= 15 is 0 Å². The second kappa shape index (κ2) is 10.8. The van der Waals surface area contributed by atoms with Gasteiger partial charge in [-0.1, -0.05) is 18.2 Å². The lowest BCUT2D eigenvalue weighted by atomic mass is 10.00. The maximum Gasteiger partial charge on any atom is 0.261 e. The molecule has 9 heteroatoms. The number of rotatable bonds is 9. The van der Waals surface area contributed by atoms with Crippen molar-refractivity contribution in [1.29, 1.82) is 0 Å². The van der Waals surface area contributed by atoms with Gasteiger partial charge in [-0.05, 0) is 17.2 Å². The molecule has 0 fully saturated rings. The van der Waals surface area contributed by atoms with Gasteiger partial charge in [0.1, 0.15) is 5.75 Å². The fourth-order valence-electron chi connectivity index (χ4n) is 2.60. The largest absolute Gasteiger partial charge is 0.495 e. The lowest BCUT2D eigenvalue weighted by Crippen LogP contribution is -2.44. The predicted octanol–water partition coefficient (Wildman–Crippen LogP) is 1.11. The van der Waals surface area contributed by atoms with Gasteiger partial charge in [0.05, 0.1) is 31.6 Å². The predicted molar refractivity (Wildman–Crippen MR) is 107 cm³/mol. The van der Waals surface area contributed by atoms with Crippen molar-refractivity contribution in [1.82, 2.24) is 10.6 Å². The van der Waals surface area contributed by atoms with Gasteiger partial charge in [-0.2, -0.15) is 8.42 Å². The van der Waals surface area contributed by atoms with Crippen molar-refractivity contribution in [3.63, 3.8) is 0 Å². The van der Waals surface area contributed by atoms with E-state index in [1.807, 2.05) is 24.3 Å². The highest BCUT2D eigenvalue weighted by Crippen LogP contribution is 2.35. The van der Waals surface area contributed by atoms with Crippen LogP contribution >= 0.6 is 0 Å². The Morgan fingerprint density at radius 2 is 1.85 bits per heavy atom. The van der Waals surface area contributed by atoms with Gasteiger partial charge in [0.15, 0.2) is 0 Å². The van der Waals surface area contributed by atoms with Gasteiger partial charge in [0.25, 0.3) is 10.1 Å². The van der Waals surface area contributed by atoms with Crippen LogP contribution in [0.3, 0.4) is 0 Å². The topological polar surface area (TPSA) is 117 Å². The molecule has 27 heavy (non-hydrogen) atoms. The number of anilines is 1. The number of benzene rings is 1. The van der Waals surface area contributed by atoms with Crippen molar-refractivity contribution >= 4 is 21.7 Å². The second-order valence-corrected chi connectivity index (χ2v) is 7.36.